The van der Waals surface area contributed by atoms with Crippen LogP contribution in [0.5, 0.6) is 11.5 Å². The number of carbonyl (C=O) groups excluding carboxylic acids is 2. The third kappa shape index (κ3) is 4.63. The summed E-state index contributed by atoms with van der Waals surface area (Å²) in [5.74, 6) is -1.38. The minimum atomic E-state index is -0.924. The van der Waals surface area contributed by atoms with Crippen molar-refractivity contribution in [3.05, 3.63) is 46.4 Å². The third-order valence-electron chi connectivity index (χ3n) is 5.99. The van der Waals surface area contributed by atoms with Crippen molar-refractivity contribution < 1.29 is 29.6 Å². The molecule has 0 aliphatic heterocycles. The Hall–Kier alpha value is -2.76. The summed E-state index contributed by atoms with van der Waals surface area (Å²) in [6.45, 7) is 9.74. The highest BCUT2D eigenvalue weighted by Crippen LogP contribution is 2.48. The van der Waals surface area contributed by atoms with E-state index in [9.17, 15) is 24.9 Å². The molecule has 1 aromatic carbocycles. The molecule has 0 aromatic heterocycles. The molecule has 2 aliphatic carbocycles. The molecule has 6 heteroatoms. The van der Waals surface area contributed by atoms with E-state index in [-0.39, 0.29) is 58.6 Å². The van der Waals surface area contributed by atoms with Crippen LogP contribution >= 0.6 is 0 Å². The van der Waals surface area contributed by atoms with Gasteiger partial charge >= 0.3 is 0 Å². The molecular formula is C25H32O6. The first kappa shape index (κ1) is 22.9. The summed E-state index contributed by atoms with van der Waals surface area (Å²) in [5, 5.41) is 31.9. The third-order valence-corrected chi connectivity index (χ3v) is 5.99. The molecule has 0 unspecified atom stereocenters. The summed E-state index contributed by atoms with van der Waals surface area (Å²) < 4.78 is 5.50. The van der Waals surface area contributed by atoms with E-state index < -0.39 is 16.7 Å². The summed E-state index contributed by atoms with van der Waals surface area (Å²) in [5.41, 5.74) is 0.000249. The van der Waals surface area contributed by atoms with Crippen molar-refractivity contribution in [2.24, 2.45) is 10.8 Å². The lowest BCUT2D eigenvalue weighted by atomic mass is 9.67. The highest BCUT2D eigenvalue weighted by molar-refractivity contribution is 6.05. The lowest BCUT2D eigenvalue weighted by Gasteiger charge is -2.36. The van der Waals surface area contributed by atoms with Gasteiger partial charge in [0.2, 0.25) is 0 Å². The molecule has 0 fully saturated rings. The number of ketones is 2. The summed E-state index contributed by atoms with van der Waals surface area (Å²) >= 11 is 0. The van der Waals surface area contributed by atoms with Crippen molar-refractivity contribution in [3.63, 3.8) is 0 Å². The first-order valence-electron chi connectivity index (χ1n) is 10.7. The molecule has 168 valence electrons. The number of aromatic hydroxyl groups is 1. The van der Waals surface area contributed by atoms with E-state index in [1.54, 1.807) is 19.1 Å². The lowest BCUT2D eigenvalue weighted by molar-refractivity contribution is -0.119. The number of carbonyl (C=O) groups is 2. The van der Waals surface area contributed by atoms with Crippen LogP contribution in [0.3, 0.4) is 0 Å². The SMILES string of the molecule is CCOc1cc(C(C2=C(O)CC(C)(C)CC2=O)C2=C(O)CC(C)(C)CC2=O)ccc1O. The van der Waals surface area contributed by atoms with Crippen molar-refractivity contribution >= 4 is 11.6 Å². The monoisotopic (exact) mass is 428 g/mol. The van der Waals surface area contributed by atoms with Crippen LogP contribution in [0.15, 0.2) is 40.9 Å². The quantitative estimate of drug-likeness (QED) is 0.590. The predicted octanol–water partition coefficient (Wildman–Crippen LogP) is 5.28. The van der Waals surface area contributed by atoms with Crippen molar-refractivity contribution in [3.8, 4) is 11.5 Å². The standard InChI is InChI=1S/C25H32O6/c1-6-31-20-9-14(7-8-15(20)26)21(22-16(27)10-24(2,3)11-17(22)28)23-18(29)12-25(4,5)13-19(23)30/h7-9,21,26-27,29H,6,10-13H2,1-5H3. The van der Waals surface area contributed by atoms with Crippen LogP contribution in [-0.4, -0.2) is 33.5 Å². The Bertz CT molecular complexity index is 928. The molecule has 0 atom stereocenters. The Morgan fingerprint density at radius 1 is 0.871 bits per heavy atom. The molecule has 0 saturated heterocycles. The molecule has 0 saturated carbocycles. The summed E-state index contributed by atoms with van der Waals surface area (Å²) in [4.78, 5) is 26.4. The minimum Gasteiger partial charge on any atom is -0.512 e. The summed E-state index contributed by atoms with van der Waals surface area (Å²) in [7, 11) is 0. The van der Waals surface area contributed by atoms with Crippen LogP contribution < -0.4 is 4.74 Å². The topological polar surface area (TPSA) is 104 Å². The van der Waals surface area contributed by atoms with Gasteiger partial charge in [-0.05, 0) is 35.4 Å². The van der Waals surface area contributed by atoms with Gasteiger partial charge in [-0.2, -0.15) is 0 Å². The first-order chi connectivity index (χ1) is 14.3. The van der Waals surface area contributed by atoms with Gasteiger partial charge in [-0.3, -0.25) is 9.59 Å². The number of allylic oxidation sites excluding steroid dienone is 4. The molecule has 3 rings (SSSR count). The number of hydrogen-bond acceptors (Lipinski definition) is 6. The normalized spacial score (nSPS) is 21.1. The Labute approximate surface area is 183 Å². The zero-order chi connectivity index (χ0) is 23.1. The molecule has 6 nitrogen and oxygen atoms in total. The Balaban J connectivity index is 2.25. The number of phenolic OH excluding ortho intramolecular Hbond substituents is 1. The molecular weight excluding hydrogens is 396 g/mol. The van der Waals surface area contributed by atoms with E-state index in [4.69, 9.17) is 4.74 Å². The first-order valence-corrected chi connectivity index (χ1v) is 10.7. The van der Waals surface area contributed by atoms with Gasteiger partial charge < -0.3 is 20.1 Å². The number of phenols is 1. The van der Waals surface area contributed by atoms with E-state index in [1.807, 2.05) is 27.7 Å². The van der Waals surface area contributed by atoms with Gasteiger partial charge in [-0.15, -0.1) is 0 Å². The largest absolute Gasteiger partial charge is 0.512 e. The van der Waals surface area contributed by atoms with Gasteiger partial charge in [0.1, 0.15) is 11.5 Å². The maximum absolute atomic E-state index is 13.2. The highest BCUT2D eigenvalue weighted by atomic mass is 16.5. The number of ether oxygens (including phenoxy) is 1. The van der Waals surface area contributed by atoms with E-state index >= 15 is 0 Å². The van der Waals surface area contributed by atoms with Gasteiger partial charge in [0, 0.05) is 42.7 Å². The Morgan fingerprint density at radius 2 is 1.35 bits per heavy atom. The maximum Gasteiger partial charge on any atom is 0.163 e. The minimum absolute atomic E-state index is 0.0600. The summed E-state index contributed by atoms with van der Waals surface area (Å²) in [6.07, 6.45) is 1.06. The van der Waals surface area contributed by atoms with Crippen LogP contribution in [0.4, 0.5) is 0 Å². The fraction of sp³-hybridized carbons (Fsp3) is 0.520. The molecule has 0 bridgehead atoms. The molecule has 0 radical (unpaired) electrons. The smallest absolute Gasteiger partial charge is 0.163 e. The fourth-order valence-corrected chi connectivity index (χ4v) is 4.72. The lowest BCUT2D eigenvalue weighted by Crippen LogP contribution is -2.33. The fourth-order valence-electron chi connectivity index (χ4n) is 4.72. The molecule has 1 aromatic rings. The van der Waals surface area contributed by atoms with Gasteiger partial charge in [0.25, 0.3) is 0 Å². The van der Waals surface area contributed by atoms with Gasteiger partial charge in [-0.1, -0.05) is 33.8 Å². The van der Waals surface area contributed by atoms with Crippen LogP contribution in [0.2, 0.25) is 0 Å². The summed E-state index contributed by atoms with van der Waals surface area (Å²) in [6, 6.07) is 4.62. The molecule has 31 heavy (non-hydrogen) atoms. The van der Waals surface area contributed by atoms with E-state index in [0.29, 0.717) is 25.0 Å². The number of aliphatic hydroxyl groups excluding tert-OH is 2. The molecule has 2 aliphatic rings. The number of benzene rings is 1. The zero-order valence-corrected chi connectivity index (χ0v) is 18.9. The zero-order valence-electron chi connectivity index (χ0n) is 18.9. The Morgan fingerprint density at radius 3 is 1.77 bits per heavy atom. The number of aliphatic hydroxyl groups is 2. The molecule has 3 N–H and O–H groups in total. The molecule has 0 heterocycles. The average molecular weight is 429 g/mol. The second kappa shape index (κ2) is 8.06. The van der Waals surface area contributed by atoms with Crippen LogP contribution in [0.1, 0.15) is 71.8 Å². The maximum atomic E-state index is 13.2. The van der Waals surface area contributed by atoms with Gasteiger partial charge in [0.15, 0.2) is 23.1 Å². The number of rotatable bonds is 5. The van der Waals surface area contributed by atoms with Gasteiger partial charge in [-0.25, -0.2) is 0 Å². The van der Waals surface area contributed by atoms with Crippen molar-refractivity contribution in [1.29, 1.82) is 0 Å². The second-order valence-corrected chi connectivity index (χ2v) is 10.2. The van der Waals surface area contributed by atoms with Crippen LogP contribution in [0, 0.1) is 10.8 Å². The van der Waals surface area contributed by atoms with Crippen molar-refractivity contribution in [2.75, 3.05) is 6.61 Å². The van der Waals surface area contributed by atoms with E-state index in [2.05, 4.69) is 0 Å². The molecule has 0 spiro atoms. The number of hydrogen-bond donors (Lipinski definition) is 3. The van der Waals surface area contributed by atoms with E-state index in [1.165, 1.54) is 6.07 Å². The average Bonchev–Trinajstić information content (AvgIpc) is 2.59. The highest BCUT2D eigenvalue weighted by Gasteiger charge is 2.43. The Kier molecular flexibility index (Phi) is 5.96. The number of Topliss-reactive ketones (excluding diaryl/α,β-unsaturated/α-hetero) is 2. The van der Waals surface area contributed by atoms with Crippen molar-refractivity contribution in [1.82, 2.24) is 0 Å². The predicted molar refractivity (Wildman–Crippen MR) is 117 cm³/mol. The van der Waals surface area contributed by atoms with Crippen molar-refractivity contribution in [2.45, 2.75) is 66.2 Å². The molecule has 0 amide bonds. The van der Waals surface area contributed by atoms with E-state index in [0.717, 1.165) is 0 Å². The van der Waals surface area contributed by atoms with Crippen LogP contribution in [0.25, 0.3) is 0 Å². The van der Waals surface area contributed by atoms with Crippen LogP contribution in [-0.2, 0) is 9.59 Å². The second-order valence-electron chi connectivity index (χ2n) is 10.2. The van der Waals surface area contributed by atoms with Gasteiger partial charge in [0.05, 0.1) is 6.61 Å².